The lowest BCUT2D eigenvalue weighted by molar-refractivity contribution is 0.126. The molecule has 0 spiro atoms. The van der Waals surface area contributed by atoms with Gasteiger partial charge in [-0.15, -0.1) is 0 Å². The lowest BCUT2D eigenvalue weighted by Crippen LogP contribution is -2.41. The zero-order valence-corrected chi connectivity index (χ0v) is 13.0. The predicted octanol–water partition coefficient (Wildman–Crippen LogP) is 3.67. The monoisotopic (exact) mass is 254 g/mol. The van der Waals surface area contributed by atoms with Crippen LogP contribution in [0.5, 0.6) is 0 Å². The number of hydrogen-bond acceptors (Lipinski definition) is 2. The highest BCUT2D eigenvalue weighted by atomic mass is 15.2. The van der Waals surface area contributed by atoms with Gasteiger partial charge in [0, 0.05) is 12.1 Å². The fourth-order valence-electron chi connectivity index (χ4n) is 3.13. The van der Waals surface area contributed by atoms with E-state index in [1.54, 1.807) is 0 Å². The van der Waals surface area contributed by atoms with E-state index in [2.05, 4.69) is 37.9 Å². The number of piperidine rings is 1. The summed E-state index contributed by atoms with van der Waals surface area (Å²) in [6.07, 6.45) is 8.01. The van der Waals surface area contributed by atoms with Gasteiger partial charge in [0.1, 0.15) is 0 Å². The molecule has 0 aromatic heterocycles. The van der Waals surface area contributed by atoms with Crippen LogP contribution in [0, 0.1) is 5.92 Å². The maximum atomic E-state index is 3.66. The van der Waals surface area contributed by atoms with Crippen LogP contribution >= 0.6 is 0 Å². The minimum atomic E-state index is 0.740. The molecule has 0 saturated carbocycles. The van der Waals surface area contributed by atoms with Crippen LogP contribution in [0.2, 0.25) is 0 Å². The topological polar surface area (TPSA) is 15.3 Å². The van der Waals surface area contributed by atoms with E-state index in [1.165, 1.54) is 58.2 Å². The summed E-state index contributed by atoms with van der Waals surface area (Å²) in [7, 11) is 0. The van der Waals surface area contributed by atoms with Gasteiger partial charge in [-0.05, 0) is 71.0 Å². The largest absolute Gasteiger partial charge is 0.314 e. The first-order chi connectivity index (χ1) is 8.67. The molecule has 1 rings (SSSR count). The van der Waals surface area contributed by atoms with E-state index in [-0.39, 0.29) is 0 Å². The van der Waals surface area contributed by atoms with Crippen LogP contribution in [0.1, 0.15) is 66.2 Å². The zero-order valence-electron chi connectivity index (χ0n) is 13.0. The fourth-order valence-corrected chi connectivity index (χ4v) is 3.13. The highest BCUT2D eigenvalue weighted by Crippen LogP contribution is 2.22. The van der Waals surface area contributed by atoms with Gasteiger partial charge < -0.3 is 10.2 Å². The van der Waals surface area contributed by atoms with E-state index in [0.29, 0.717) is 0 Å². The Labute approximate surface area is 115 Å². The van der Waals surface area contributed by atoms with Gasteiger partial charge in [-0.2, -0.15) is 0 Å². The van der Waals surface area contributed by atoms with Gasteiger partial charge >= 0.3 is 0 Å². The molecule has 0 bridgehead atoms. The van der Waals surface area contributed by atoms with Crippen LogP contribution in [-0.4, -0.2) is 36.6 Å². The molecule has 1 aliphatic heterocycles. The Morgan fingerprint density at radius 1 is 1.28 bits per heavy atom. The van der Waals surface area contributed by atoms with Crippen molar-refractivity contribution < 1.29 is 0 Å². The number of hydrogen-bond donors (Lipinski definition) is 1. The Bertz CT molecular complexity index is 205. The summed E-state index contributed by atoms with van der Waals surface area (Å²) in [5.74, 6) is 0.936. The Morgan fingerprint density at radius 3 is 2.67 bits per heavy atom. The van der Waals surface area contributed by atoms with Crippen LogP contribution in [0.4, 0.5) is 0 Å². The number of rotatable bonds is 8. The third-order valence-electron chi connectivity index (χ3n) is 4.45. The molecule has 0 amide bonds. The van der Waals surface area contributed by atoms with Crippen molar-refractivity contribution in [2.45, 2.75) is 78.3 Å². The van der Waals surface area contributed by atoms with Crippen LogP contribution < -0.4 is 5.32 Å². The maximum Gasteiger partial charge on any atom is 0.00694 e. The molecule has 108 valence electrons. The van der Waals surface area contributed by atoms with Gasteiger partial charge in [-0.1, -0.05) is 20.8 Å². The number of likely N-dealkylation sites (tertiary alicyclic amines) is 1. The fraction of sp³-hybridized carbons (Fsp3) is 1.00. The second-order valence-electron chi connectivity index (χ2n) is 6.22. The molecule has 1 saturated heterocycles. The molecule has 1 heterocycles. The van der Waals surface area contributed by atoms with Crippen molar-refractivity contribution in [1.29, 1.82) is 0 Å². The molecule has 3 unspecified atom stereocenters. The zero-order chi connectivity index (χ0) is 13.4. The first-order valence-corrected chi connectivity index (χ1v) is 8.14. The average molecular weight is 254 g/mol. The van der Waals surface area contributed by atoms with Gasteiger partial charge in [-0.3, -0.25) is 0 Å². The van der Waals surface area contributed by atoms with Crippen LogP contribution in [-0.2, 0) is 0 Å². The van der Waals surface area contributed by atoms with Crippen molar-refractivity contribution in [3.63, 3.8) is 0 Å². The third-order valence-corrected chi connectivity index (χ3v) is 4.45. The summed E-state index contributed by atoms with van der Waals surface area (Å²) >= 11 is 0. The van der Waals surface area contributed by atoms with Crippen molar-refractivity contribution >= 4 is 0 Å². The van der Waals surface area contributed by atoms with E-state index in [9.17, 15) is 0 Å². The number of nitrogens with one attached hydrogen (secondary N) is 1. The third kappa shape index (κ3) is 5.71. The summed E-state index contributed by atoms with van der Waals surface area (Å²) in [4.78, 5) is 2.70. The van der Waals surface area contributed by atoms with Gasteiger partial charge in [0.15, 0.2) is 0 Å². The first-order valence-electron chi connectivity index (χ1n) is 8.14. The van der Waals surface area contributed by atoms with Crippen LogP contribution in [0.3, 0.4) is 0 Å². The second kappa shape index (κ2) is 8.92. The molecule has 0 aromatic rings. The predicted molar refractivity (Wildman–Crippen MR) is 81.0 cm³/mol. The average Bonchev–Trinajstić information content (AvgIpc) is 2.36. The normalized spacial score (nSPS) is 27.3. The van der Waals surface area contributed by atoms with Crippen LogP contribution in [0.25, 0.3) is 0 Å². The van der Waals surface area contributed by atoms with E-state index in [1.807, 2.05) is 0 Å². The molecular weight excluding hydrogens is 220 g/mol. The lowest BCUT2D eigenvalue weighted by atomic mass is 9.93. The Hall–Kier alpha value is -0.0800. The van der Waals surface area contributed by atoms with Crippen molar-refractivity contribution in [3.8, 4) is 0 Å². The molecule has 2 nitrogen and oxygen atoms in total. The van der Waals surface area contributed by atoms with Gasteiger partial charge in [-0.25, -0.2) is 0 Å². The minimum Gasteiger partial charge on any atom is -0.314 e. The molecular formula is C16H34N2. The molecule has 1 N–H and O–H groups in total. The van der Waals surface area contributed by atoms with Crippen molar-refractivity contribution in [2.24, 2.45) is 5.92 Å². The van der Waals surface area contributed by atoms with Crippen LogP contribution in [0.15, 0.2) is 0 Å². The summed E-state index contributed by atoms with van der Waals surface area (Å²) in [6, 6.07) is 1.54. The Balaban J connectivity index is 2.15. The highest BCUT2D eigenvalue weighted by molar-refractivity contribution is 4.77. The van der Waals surface area contributed by atoms with E-state index in [0.717, 1.165) is 18.0 Å². The summed E-state index contributed by atoms with van der Waals surface area (Å²) < 4.78 is 0. The maximum absolute atomic E-state index is 3.66. The Morgan fingerprint density at radius 2 is 2.06 bits per heavy atom. The van der Waals surface area contributed by atoms with Crippen molar-refractivity contribution in [2.75, 3.05) is 19.6 Å². The molecule has 1 fully saturated rings. The van der Waals surface area contributed by atoms with Crippen molar-refractivity contribution in [1.82, 2.24) is 10.2 Å². The van der Waals surface area contributed by atoms with Gasteiger partial charge in [0.25, 0.3) is 0 Å². The van der Waals surface area contributed by atoms with Crippen molar-refractivity contribution in [3.05, 3.63) is 0 Å². The summed E-state index contributed by atoms with van der Waals surface area (Å²) in [5.41, 5.74) is 0. The molecule has 0 aliphatic carbocycles. The molecule has 1 aliphatic rings. The SMILES string of the molecule is CCCNC(CC)CCCN1CCC(C)CC1C. The molecule has 0 radical (unpaired) electrons. The molecule has 2 heteroatoms. The quantitative estimate of drug-likeness (QED) is 0.711. The van der Waals surface area contributed by atoms with E-state index >= 15 is 0 Å². The van der Waals surface area contributed by atoms with Gasteiger partial charge in [0.05, 0.1) is 0 Å². The highest BCUT2D eigenvalue weighted by Gasteiger charge is 2.22. The molecule has 18 heavy (non-hydrogen) atoms. The summed E-state index contributed by atoms with van der Waals surface area (Å²) in [5, 5.41) is 3.66. The number of nitrogens with zero attached hydrogens (tertiary/aromatic N) is 1. The van der Waals surface area contributed by atoms with E-state index in [4.69, 9.17) is 0 Å². The lowest BCUT2D eigenvalue weighted by Gasteiger charge is -2.36. The standard InChI is InChI=1S/C16H34N2/c1-5-10-17-16(6-2)8-7-11-18-12-9-14(3)13-15(18)4/h14-17H,5-13H2,1-4H3. The first kappa shape index (κ1) is 16.0. The smallest absolute Gasteiger partial charge is 0.00694 e. The molecule has 3 atom stereocenters. The second-order valence-corrected chi connectivity index (χ2v) is 6.22. The van der Waals surface area contributed by atoms with E-state index < -0.39 is 0 Å². The molecule has 0 aromatic carbocycles. The summed E-state index contributed by atoms with van der Waals surface area (Å²) in [6.45, 7) is 13.2. The minimum absolute atomic E-state index is 0.740. The van der Waals surface area contributed by atoms with Gasteiger partial charge in [0.2, 0.25) is 0 Å². The Kier molecular flexibility index (Phi) is 7.92.